The smallest absolute Gasteiger partial charge is 0.319 e. The number of nitrogens with one attached hydrogen (secondary N) is 1. The van der Waals surface area contributed by atoms with Gasteiger partial charge >= 0.3 is 6.03 Å². The highest BCUT2D eigenvalue weighted by atomic mass is 32.1. The Morgan fingerprint density at radius 1 is 1.11 bits per heavy atom. The Hall–Kier alpha value is -2.51. The van der Waals surface area contributed by atoms with Gasteiger partial charge in [0.2, 0.25) is 0 Å². The number of thiazole rings is 1. The van der Waals surface area contributed by atoms with Gasteiger partial charge < -0.3 is 5.32 Å². The van der Waals surface area contributed by atoms with Crippen LogP contribution in [-0.2, 0) is 16.9 Å². The maximum absolute atomic E-state index is 13.4. The molecule has 1 aliphatic heterocycles. The predicted octanol–water partition coefficient (Wildman–Crippen LogP) is 5.01. The number of urea groups is 1. The van der Waals surface area contributed by atoms with Crippen molar-refractivity contribution in [3.8, 4) is 9.88 Å². The maximum atomic E-state index is 13.4. The Labute approximate surface area is 172 Å². The van der Waals surface area contributed by atoms with Crippen molar-refractivity contribution in [1.29, 1.82) is 0 Å². The quantitative estimate of drug-likeness (QED) is 0.556. The highest BCUT2D eigenvalue weighted by molar-refractivity contribution is 7.20. The van der Waals surface area contributed by atoms with Crippen molar-refractivity contribution < 1.29 is 9.59 Å². The number of rotatable bonds is 7. The van der Waals surface area contributed by atoms with Crippen molar-refractivity contribution in [3.63, 3.8) is 0 Å². The van der Waals surface area contributed by atoms with Crippen LogP contribution in [0.5, 0.6) is 0 Å². The summed E-state index contributed by atoms with van der Waals surface area (Å²) in [4.78, 5) is 33.2. The molecule has 7 heteroatoms. The SMILES string of the molecule is CCCCC1(c2ccccc2)NC(=O)N(Cc2csc(-c3cccs3)n2)C1=O. The lowest BCUT2D eigenvalue weighted by Crippen LogP contribution is -2.44. The molecule has 28 heavy (non-hydrogen) atoms. The first-order valence-corrected chi connectivity index (χ1v) is 11.1. The van der Waals surface area contributed by atoms with Crippen molar-refractivity contribution >= 4 is 34.6 Å². The normalized spacial score (nSPS) is 19.2. The fourth-order valence-electron chi connectivity index (χ4n) is 3.50. The lowest BCUT2D eigenvalue weighted by Gasteiger charge is -2.27. The molecule has 3 aromatic rings. The highest BCUT2D eigenvalue weighted by Gasteiger charge is 2.51. The number of amides is 3. The summed E-state index contributed by atoms with van der Waals surface area (Å²) in [6.07, 6.45) is 2.40. The van der Waals surface area contributed by atoms with Gasteiger partial charge in [0.15, 0.2) is 0 Å². The van der Waals surface area contributed by atoms with Gasteiger partial charge in [-0.2, -0.15) is 0 Å². The zero-order valence-corrected chi connectivity index (χ0v) is 17.2. The summed E-state index contributed by atoms with van der Waals surface area (Å²) >= 11 is 3.16. The molecule has 3 amide bonds. The van der Waals surface area contributed by atoms with Crippen molar-refractivity contribution in [3.05, 3.63) is 64.5 Å². The van der Waals surface area contributed by atoms with Crippen LogP contribution < -0.4 is 5.32 Å². The number of thiophene rings is 1. The Bertz CT molecular complexity index is 969. The van der Waals surface area contributed by atoms with Gasteiger partial charge in [-0.3, -0.25) is 9.69 Å². The summed E-state index contributed by atoms with van der Waals surface area (Å²) in [5, 5.41) is 7.83. The molecule has 0 bridgehead atoms. The van der Waals surface area contributed by atoms with Gasteiger partial charge in [0.05, 0.1) is 17.1 Å². The number of imide groups is 1. The highest BCUT2D eigenvalue weighted by Crippen LogP contribution is 2.35. The van der Waals surface area contributed by atoms with E-state index in [2.05, 4.69) is 17.2 Å². The minimum Gasteiger partial charge on any atom is -0.319 e. The van der Waals surface area contributed by atoms with E-state index in [1.54, 1.807) is 11.3 Å². The molecule has 1 fully saturated rings. The summed E-state index contributed by atoms with van der Waals surface area (Å²) in [6.45, 7) is 2.27. The molecular formula is C21H21N3O2S2. The Kier molecular flexibility index (Phi) is 5.28. The minimum atomic E-state index is -0.985. The number of nitrogens with zero attached hydrogens (tertiary/aromatic N) is 2. The molecular weight excluding hydrogens is 390 g/mol. The third-order valence-electron chi connectivity index (χ3n) is 4.95. The van der Waals surface area contributed by atoms with Crippen LogP contribution in [0.4, 0.5) is 4.79 Å². The molecule has 1 aliphatic rings. The first-order valence-electron chi connectivity index (χ1n) is 9.32. The fourth-order valence-corrected chi connectivity index (χ4v) is 5.12. The molecule has 4 rings (SSSR count). The van der Waals surface area contributed by atoms with E-state index in [4.69, 9.17) is 0 Å². The molecule has 1 unspecified atom stereocenters. The topological polar surface area (TPSA) is 62.3 Å². The second-order valence-electron chi connectivity index (χ2n) is 6.82. The predicted molar refractivity (Wildman–Crippen MR) is 112 cm³/mol. The van der Waals surface area contributed by atoms with Gasteiger partial charge in [-0.25, -0.2) is 9.78 Å². The second-order valence-corrected chi connectivity index (χ2v) is 8.62. The van der Waals surface area contributed by atoms with Crippen LogP contribution in [0.2, 0.25) is 0 Å². The van der Waals surface area contributed by atoms with Gasteiger partial charge in [0, 0.05) is 5.38 Å². The minimum absolute atomic E-state index is 0.188. The van der Waals surface area contributed by atoms with Crippen LogP contribution in [0.3, 0.4) is 0 Å². The Morgan fingerprint density at radius 3 is 2.64 bits per heavy atom. The number of hydrogen-bond donors (Lipinski definition) is 1. The molecule has 144 valence electrons. The first kappa shape index (κ1) is 18.8. The van der Waals surface area contributed by atoms with Crippen molar-refractivity contribution in [2.24, 2.45) is 0 Å². The molecule has 0 spiro atoms. The largest absolute Gasteiger partial charge is 0.325 e. The lowest BCUT2D eigenvalue weighted by atomic mass is 9.85. The Morgan fingerprint density at radius 2 is 1.93 bits per heavy atom. The molecule has 0 aliphatic carbocycles. The van der Waals surface area contributed by atoms with Gasteiger partial charge in [-0.1, -0.05) is 56.2 Å². The zero-order valence-electron chi connectivity index (χ0n) is 15.6. The van der Waals surface area contributed by atoms with Crippen LogP contribution >= 0.6 is 22.7 Å². The van der Waals surface area contributed by atoms with Crippen molar-refractivity contribution in [1.82, 2.24) is 15.2 Å². The average molecular weight is 412 g/mol. The van der Waals surface area contributed by atoms with E-state index in [0.717, 1.165) is 34.0 Å². The Balaban J connectivity index is 1.60. The van der Waals surface area contributed by atoms with Gasteiger partial charge in [0.25, 0.3) is 5.91 Å². The van der Waals surface area contributed by atoms with E-state index in [1.807, 2.05) is 53.2 Å². The number of unbranched alkanes of at least 4 members (excludes halogenated alkanes) is 1. The van der Waals surface area contributed by atoms with Gasteiger partial charge in [-0.15, -0.1) is 22.7 Å². The number of carbonyl (C=O) groups is 2. The third-order valence-corrected chi connectivity index (χ3v) is 6.88. The molecule has 1 aromatic carbocycles. The standard InChI is InChI=1S/C21H21N3O2S2/c1-2-3-11-21(15-8-5-4-6-9-15)19(25)24(20(26)23-21)13-16-14-28-18(22-16)17-10-7-12-27-17/h4-10,12,14H,2-3,11,13H2,1H3,(H,23,26). The van der Waals surface area contributed by atoms with Crippen LogP contribution in [0.25, 0.3) is 9.88 Å². The summed E-state index contributed by atoms with van der Waals surface area (Å²) in [5.41, 5.74) is 0.583. The second kappa shape index (κ2) is 7.85. The van der Waals surface area contributed by atoms with Crippen LogP contribution in [-0.4, -0.2) is 21.8 Å². The fraction of sp³-hybridized carbons (Fsp3) is 0.286. The third kappa shape index (κ3) is 3.36. The van der Waals surface area contributed by atoms with E-state index >= 15 is 0 Å². The van der Waals surface area contributed by atoms with Crippen LogP contribution in [0.15, 0.2) is 53.2 Å². The van der Waals surface area contributed by atoms with Crippen molar-refractivity contribution in [2.45, 2.75) is 38.3 Å². The van der Waals surface area contributed by atoms with Gasteiger partial charge in [-0.05, 0) is 23.4 Å². The van der Waals surface area contributed by atoms with E-state index in [-0.39, 0.29) is 18.5 Å². The molecule has 0 saturated carbocycles. The van der Waals surface area contributed by atoms with Gasteiger partial charge in [0.1, 0.15) is 10.5 Å². The van der Waals surface area contributed by atoms with Crippen LogP contribution in [0.1, 0.15) is 37.4 Å². The summed E-state index contributed by atoms with van der Waals surface area (Å²) in [5.74, 6) is -0.192. The van der Waals surface area contributed by atoms with Crippen LogP contribution in [0, 0.1) is 0 Å². The zero-order chi connectivity index (χ0) is 19.6. The van der Waals surface area contributed by atoms with E-state index in [9.17, 15) is 9.59 Å². The summed E-state index contributed by atoms with van der Waals surface area (Å²) in [6, 6.07) is 13.2. The maximum Gasteiger partial charge on any atom is 0.325 e. The first-order chi connectivity index (χ1) is 13.6. The summed E-state index contributed by atoms with van der Waals surface area (Å²) in [7, 11) is 0. The molecule has 3 heterocycles. The molecule has 5 nitrogen and oxygen atoms in total. The van der Waals surface area contributed by atoms with E-state index in [0.29, 0.717) is 6.42 Å². The van der Waals surface area contributed by atoms with Crippen molar-refractivity contribution in [2.75, 3.05) is 0 Å². The molecule has 1 N–H and O–H groups in total. The number of aromatic nitrogens is 1. The van der Waals surface area contributed by atoms with E-state index < -0.39 is 5.54 Å². The molecule has 0 radical (unpaired) electrons. The number of carbonyl (C=O) groups excluding carboxylic acids is 2. The monoisotopic (exact) mass is 411 g/mol. The molecule has 1 saturated heterocycles. The number of benzene rings is 1. The summed E-state index contributed by atoms with van der Waals surface area (Å²) < 4.78 is 0. The number of hydrogen-bond acceptors (Lipinski definition) is 5. The molecule has 1 atom stereocenters. The lowest BCUT2D eigenvalue weighted by molar-refractivity contribution is -0.132. The molecule has 2 aromatic heterocycles. The van der Waals surface area contributed by atoms with E-state index in [1.165, 1.54) is 16.2 Å². The average Bonchev–Trinajstić information content (AvgIpc) is 3.44.